The fraction of sp³-hybridized carbons (Fsp3) is 0.167. The van der Waals surface area contributed by atoms with Crippen LogP contribution in [0.3, 0.4) is 0 Å². The number of benzene rings is 1. The van der Waals surface area contributed by atoms with Gasteiger partial charge in [-0.05, 0) is 19.1 Å². The van der Waals surface area contributed by atoms with Crippen LogP contribution in [-0.4, -0.2) is 6.04 Å². The molecule has 0 aromatic heterocycles. The summed E-state index contributed by atoms with van der Waals surface area (Å²) < 4.78 is 0. The summed E-state index contributed by atoms with van der Waals surface area (Å²) in [6.07, 6.45) is 0. The first kappa shape index (κ1) is 10.5. The second kappa shape index (κ2) is 4.63. The van der Waals surface area contributed by atoms with Crippen molar-refractivity contribution in [3.63, 3.8) is 0 Å². The molecule has 0 spiro atoms. The van der Waals surface area contributed by atoms with Crippen LogP contribution >= 0.6 is 0 Å². The van der Waals surface area contributed by atoms with E-state index in [2.05, 4.69) is 18.5 Å². The van der Waals surface area contributed by atoms with Gasteiger partial charge in [-0.3, -0.25) is 0 Å². The van der Waals surface area contributed by atoms with E-state index in [0.717, 1.165) is 17.0 Å². The largest absolute Gasteiger partial charge is 0.358 e. The van der Waals surface area contributed by atoms with Gasteiger partial charge in [-0.25, -0.2) is 0 Å². The molecule has 0 radical (unpaired) electrons. The third-order valence-corrected chi connectivity index (χ3v) is 1.99. The van der Waals surface area contributed by atoms with Gasteiger partial charge in [0.25, 0.3) is 0 Å². The third-order valence-electron chi connectivity index (χ3n) is 1.99. The van der Waals surface area contributed by atoms with Crippen molar-refractivity contribution in [2.45, 2.75) is 13.0 Å². The monoisotopic (exact) mass is 188 g/mol. The van der Waals surface area contributed by atoms with E-state index in [1.807, 2.05) is 37.3 Å². The Labute approximate surface area is 85.1 Å². The van der Waals surface area contributed by atoms with Crippen LogP contribution in [0.2, 0.25) is 0 Å². The van der Waals surface area contributed by atoms with E-state index in [0.29, 0.717) is 0 Å². The van der Waals surface area contributed by atoms with Crippen molar-refractivity contribution in [1.29, 1.82) is 0 Å². The molecule has 1 aromatic rings. The van der Waals surface area contributed by atoms with Crippen molar-refractivity contribution in [2.24, 2.45) is 5.73 Å². The van der Waals surface area contributed by atoms with Crippen molar-refractivity contribution >= 4 is 5.69 Å². The number of nitrogens with one attached hydrogen (secondary N) is 1. The minimum absolute atomic E-state index is 0.199. The van der Waals surface area contributed by atoms with E-state index in [-0.39, 0.29) is 6.04 Å². The lowest BCUT2D eigenvalue weighted by atomic mass is 10.1. The number of hydrogen-bond donors (Lipinski definition) is 2. The molecular weight excluding hydrogens is 172 g/mol. The van der Waals surface area contributed by atoms with Crippen molar-refractivity contribution in [3.05, 3.63) is 54.8 Å². The Morgan fingerprint density at radius 3 is 2.36 bits per heavy atom. The molecule has 0 aliphatic carbocycles. The SMILES string of the molecule is C=C(C)C(N)C(=C)Nc1ccccc1. The van der Waals surface area contributed by atoms with Crippen LogP contribution in [0.25, 0.3) is 0 Å². The number of anilines is 1. The molecule has 0 bridgehead atoms. The Hall–Kier alpha value is -1.54. The molecule has 3 N–H and O–H groups in total. The fourth-order valence-electron chi connectivity index (χ4n) is 1.08. The van der Waals surface area contributed by atoms with Gasteiger partial charge in [-0.2, -0.15) is 0 Å². The number of rotatable bonds is 4. The van der Waals surface area contributed by atoms with Gasteiger partial charge in [-0.1, -0.05) is 36.9 Å². The Morgan fingerprint density at radius 1 is 1.29 bits per heavy atom. The predicted octanol–water partition coefficient (Wildman–Crippen LogP) is 2.52. The zero-order chi connectivity index (χ0) is 10.6. The molecule has 0 saturated carbocycles. The molecule has 1 atom stereocenters. The average Bonchev–Trinajstić information content (AvgIpc) is 2.18. The first-order valence-corrected chi connectivity index (χ1v) is 4.53. The molecule has 1 unspecified atom stereocenters. The van der Waals surface area contributed by atoms with Gasteiger partial charge >= 0.3 is 0 Å². The molecule has 74 valence electrons. The van der Waals surface area contributed by atoms with Crippen molar-refractivity contribution in [1.82, 2.24) is 0 Å². The smallest absolute Gasteiger partial charge is 0.0652 e. The summed E-state index contributed by atoms with van der Waals surface area (Å²) in [5.74, 6) is 0. The maximum atomic E-state index is 5.85. The standard InChI is InChI=1S/C12H16N2/c1-9(2)12(13)10(3)14-11-7-5-4-6-8-11/h4-8,12,14H,1,3,13H2,2H3. The Kier molecular flexibility index (Phi) is 3.48. The summed E-state index contributed by atoms with van der Waals surface area (Å²) >= 11 is 0. The predicted molar refractivity (Wildman–Crippen MR) is 62.0 cm³/mol. The molecule has 0 heterocycles. The van der Waals surface area contributed by atoms with Gasteiger partial charge in [-0.15, -0.1) is 0 Å². The highest BCUT2D eigenvalue weighted by molar-refractivity contribution is 5.49. The average molecular weight is 188 g/mol. The molecule has 14 heavy (non-hydrogen) atoms. The van der Waals surface area contributed by atoms with Crippen LogP contribution in [0.4, 0.5) is 5.69 Å². The van der Waals surface area contributed by atoms with Crippen LogP contribution in [0, 0.1) is 0 Å². The number of hydrogen-bond acceptors (Lipinski definition) is 2. The van der Waals surface area contributed by atoms with Gasteiger partial charge in [0.05, 0.1) is 6.04 Å². The Balaban J connectivity index is 2.62. The summed E-state index contributed by atoms with van der Waals surface area (Å²) in [5.41, 5.74) is 8.51. The minimum Gasteiger partial charge on any atom is -0.358 e. The molecule has 1 aromatic carbocycles. The molecule has 0 fully saturated rings. The zero-order valence-electron chi connectivity index (χ0n) is 8.46. The Morgan fingerprint density at radius 2 is 1.86 bits per heavy atom. The van der Waals surface area contributed by atoms with Crippen LogP contribution in [-0.2, 0) is 0 Å². The lowest BCUT2D eigenvalue weighted by Gasteiger charge is -2.16. The molecule has 2 nitrogen and oxygen atoms in total. The summed E-state index contributed by atoms with van der Waals surface area (Å²) in [4.78, 5) is 0. The van der Waals surface area contributed by atoms with E-state index in [1.54, 1.807) is 0 Å². The highest BCUT2D eigenvalue weighted by atomic mass is 14.9. The van der Waals surface area contributed by atoms with E-state index in [4.69, 9.17) is 5.73 Å². The maximum Gasteiger partial charge on any atom is 0.0652 e. The van der Waals surface area contributed by atoms with Crippen LogP contribution in [0.15, 0.2) is 54.8 Å². The molecule has 0 aliphatic heterocycles. The van der Waals surface area contributed by atoms with Gasteiger partial charge in [0.15, 0.2) is 0 Å². The van der Waals surface area contributed by atoms with E-state index >= 15 is 0 Å². The van der Waals surface area contributed by atoms with E-state index in [1.165, 1.54) is 0 Å². The van der Waals surface area contributed by atoms with Crippen molar-refractivity contribution < 1.29 is 0 Å². The lowest BCUT2D eigenvalue weighted by Crippen LogP contribution is -2.26. The summed E-state index contributed by atoms with van der Waals surface area (Å²) in [5, 5.41) is 3.14. The maximum absolute atomic E-state index is 5.85. The number of para-hydroxylation sites is 1. The molecule has 0 amide bonds. The zero-order valence-corrected chi connectivity index (χ0v) is 8.46. The van der Waals surface area contributed by atoms with Gasteiger partial charge in [0, 0.05) is 11.4 Å². The molecule has 2 heteroatoms. The van der Waals surface area contributed by atoms with Crippen LogP contribution < -0.4 is 11.1 Å². The van der Waals surface area contributed by atoms with Crippen LogP contribution in [0.5, 0.6) is 0 Å². The highest BCUT2D eigenvalue weighted by Gasteiger charge is 2.06. The molecule has 1 rings (SSSR count). The topological polar surface area (TPSA) is 38.0 Å². The molecule has 0 saturated heterocycles. The first-order chi connectivity index (χ1) is 6.61. The minimum atomic E-state index is -0.199. The molecule has 0 aliphatic rings. The second-order valence-corrected chi connectivity index (χ2v) is 3.34. The van der Waals surface area contributed by atoms with Crippen molar-refractivity contribution in [2.75, 3.05) is 5.32 Å². The third kappa shape index (κ3) is 2.75. The summed E-state index contributed by atoms with van der Waals surface area (Å²) in [6, 6.07) is 9.62. The summed E-state index contributed by atoms with van der Waals surface area (Å²) in [6.45, 7) is 9.56. The first-order valence-electron chi connectivity index (χ1n) is 4.53. The van der Waals surface area contributed by atoms with Gasteiger partial charge in [0.1, 0.15) is 0 Å². The Bertz CT molecular complexity index is 327. The van der Waals surface area contributed by atoms with Crippen molar-refractivity contribution in [3.8, 4) is 0 Å². The quantitative estimate of drug-likeness (QED) is 0.712. The lowest BCUT2D eigenvalue weighted by molar-refractivity contribution is 0.899. The summed E-state index contributed by atoms with van der Waals surface area (Å²) in [7, 11) is 0. The molecular formula is C12H16N2. The van der Waals surface area contributed by atoms with Crippen LogP contribution in [0.1, 0.15) is 6.92 Å². The van der Waals surface area contributed by atoms with Gasteiger partial charge in [0.2, 0.25) is 0 Å². The van der Waals surface area contributed by atoms with Gasteiger partial charge < -0.3 is 11.1 Å². The van der Waals surface area contributed by atoms with E-state index < -0.39 is 0 Å². The highest BCUT2D eigenvalue weighted by Crippen LogP contribution is 2.12. The fourth-order valence-corrected chi connectivity index (χ4v) is 1.08. The second-order valence-electron chi connectivity index (χ2n) is 3.34. The van der Waals surface area contributed by atoms with E-state index in [9.17, 15) is 0 Å². The number of nitrogens with two attached hydrogens (primary N) is 1. The normalized spacial score (nSPS) is 11.9.